The summed E-state index contributed by atoms with van der Waals surface area (Å²) in [6.07, 6.45) is 4.15. The molecule has 124 valence electrons. The van der Waals surface area contributed by atoms with Crippen LogP contribution in [0.5, 0.6) is 0 Å². The number of aromatic nitrogens is 2. The van der Waals surface area contributed by atoms with E-state index in [4.69, 9.17) is 9.47 Å². The zero-order valence-corrected chi connectivity index (χ0v) is 14.2. The summed E-state index contributed by atoms with van der Waals surface area (Å²) in [6.45, 7) is 12.0. The van der Waals surface area contributed by atoms with Crippen LogP contribution in [0.1, 0.15) is 51.4 Å². The fraction of sp³-hybridized carbons (Fsp3) is 0.750. The second kappa shape index (κ2) is 6.38. The van der Waals surface area contributed by atoms with Gasteiger partial charge in [-0.3, -0.25) is 9.48 Å². The summed E-state index contributed by atoms with van der Waals surface area (Å²) < 4.78 is 13.0. The first-order valence-electron chi connectivity index (χ1n) is 7.81. The predicted molar refractivity (Wildman–Crippen MR) is 83.6 cm³/mol. The molecule has 1 aromatic rings. The van der Waals surface area contributed by atoms with Gasteiger partial charge < -0.3 is 14.8 Å². The number of hydrogen-bond donors (Lipinski definition) is 1. The van der Waals surface area contributed by atoms with Crippen molar-refractivity contribution in [3.05, 3.63) is 18.0 Å². The van der Waals surface area contributed by atoms with Crippen LogP contribution in [0.3, 0.4) is 0 Å². The maximum absolute atomic E-state index is 12.2. The Morgan fingerprint density at radius 2 is 2.09 bits per heavy atom. The standard InChI is InChI=1S/C16H27N3O3/c1-12(8-16(5)21-6-7-22-16)9-17-14(20)13-10-18-19(11-13)15(2,3)4/h10-12H,6-9H2,1-5H3,(H,17,20)/t12-/m0/s1. The van der Waals surface area contributed by atoms with E-state index in [2.05, 4.69) is 17.3 Å². The van der Waals surface area contributed by atoms with Gasteiger partial charge in [-0.05, 0) is 33.6 Å². The molecule has 6 nitrogen and oxygen atoms in total. The van der Waals surface area contributed by atoms with Crippen molar-refractivity contribution in [2.75, 3.05) is 19.8 Å². The van der Waals surface area contributed by atoms with Crippen molar-refractivity contribution in [2.24, 2.45) is 5.92 Å². The Kier molecular flexibility index (Phi) is 4.92. The van der Waals surface area contributed by atoms with Gasteiger partial charge in [0.1, 0.15) is 0 Å². The highest BCUT2D eigenvalue weighted by Gasteiger charge is 2.32. The van der Waals surface area contributed by atoms with Crippen molar-refractivity contribution in [3.63, 3.8) is 0 Å². The number of nitrogens with zero attached hydrogens (tertiary/aromatic N) is 2. The second-order valence-corrected chi connectivity index (χ2v) is 7.19. The van der Waals surface area contributed by atoms with Gasteiger partial charge in [0.05, 0.1) is 30.5 Å². The Bertz CT molecular complexity index is 513. The van der Waals surface area contributed by atoms with Gasteiger partial charge in [0.2, 0.25) is 0 Å². The average Bonchev–Trinajstić information content (AvgIpc) is 3.04. The number of carbonyl (C=O) groups excluding carboxylic acids is 1. The lowest BCUT2D eigenvalue weighted by atomic mass is 10.0. The van der Waals surface area contributed by atoms with Crippen molar-refractivity contribution >= 4 is 5.91 Å². The maximum Gasteiger partial charge on any atom is 0.254 e. The van der Waals surface area contributed by atoms with E-state index in [1.807, 2.05) is 27.7 Å². The summed E-state index contributed by atoms with van der Waals surface area (Å²) in [5.74, 6) is -0.341. The zero-order valence-electron chi connectivity index (χ0n) is 14.2. The van der Waals surface area contributed by atoms with Crippen LogP contribution in [0.15, 0.2) is 12.4 Å². The molecule has 1 fully saturated rings. The molecule has 1 aliphatic rings. The van der Waals surface area contributed by atoms with Gasteiger partial charge in [0.15, 0.2) is 5.79 Å². The van der Waals surface area contributed by atoms with Gasteiger partial charge in [-0.25, -0.2) is 0 Å². The molecular formula is C16H27N3O3. The van der Waals surface area contributed by atoms with Gasteiger partial charge in [0, 0.05) is 19.2 Å². The summed E-state index contributed by atoms with van der Waals surface area (Å²) >= 11 is 0. The van der Waals surface area contributed by atoms with Gasteiger partial charge in [-0.15, -0.1) is 0 Å². The number of nitrogens with one attached hydrogen (secondary N) is 1. The third-order valence-electron chi connectivity index (χ3n) is 3.76. The van der Waals surface area contributed by atoms with Crippen LogP contribution in [0.25, 0.3) is 0 Å². The minimum absolute atomic E-state index is 0.0965. The molecule has 2 rings (SSSR count). The molecule has 1 aromatic heterocycles. The van der Waals surface area contributed by atoms with Crippen LogP contribution in [0.4, 0.5) is 0 Å². The van der Waals surface area contributed by atoms with Gasteiger partial charge in [0.25, 0.3) is 5.91 Å². The molecule has 1 N–H and O–H groups in total. The lowest BCUT2D eigenvalue weighted by Gasteiger charge is -2.25. The molecule has 1 saturated heterocycles. The maximum atomic E-state index is 12.2. The van der Waals surface area contributed by atoms with Crippen molar-refractivity contribution in [1.82, 2.24) is 15.1 Å². The number of rotatable bonds is 5. The fourth-order valence-electron chi connectivity index (χ4n) is 2.56. The highest BCUT2D eigenvalue weighted by atomic mass is 16.7. The van der Waals surface area contributed by atoms with Crippen LogP contribution in [0.2, 0.25) is 0 Å². The molecule has 1 atom stereocenters. The van der Waals surface area contributed by atoms with Crippen LogP contribution < -0.4 is 5.32 Å². The van der Waals surface area contributed by atoms with E-state index < -0.39 is 5.79 Å². The summed E-state index contributed by atoms with van der Waals surface area (Å²) in [4.78, 5) is 12.2. The molecule has 0 bridgehead atoms. The highest BCUT2D eigenvalue weighted by molar-refractivity contribution is 5.93. The fourth-order valence-corrected chi connectivity index (χ4v) is 2.56. The molecule has 0 unspecified atom stereocenters. The van der Waals surface area contributed by atoms with E-state index in [0.717, 1.165) is 6.42 Å². The molecule has 0 saturated carbocycles. The van der Waals surface area contributed by atoms with Gasteiger partial charge in [-0.2, -0.15) is 5.10 Å². The minimum Gasteiger partial charge on any atom is -0.352 e. The third kappa shape index (κ3) is 4.30. The Balaban J connectivity index is 1.83. The Morgan fingerprint density at radius 3 is 2.64 bits per heavy atom. The first-order chi connectivity index (χ1) is 10.2. The molecule has 0 radical (unpaired) electrons. The Morgan fingerprint density at radius 1 is 1.45 bits per heavy atom. The van der Waals surface area contributed by atoms with Crippen LogP contribution in [0, 0.1) is 5.92 Å². The molecule has 0 aromatic carbocycles. The molecule has 1 aliphatic heterocycles. The number of carbonyl (C=O) groups is 1. The predicted octanol–water partition coefficient (Wildman–Crippen LogP) is 2.16. The summed E-state index contributed by atoms with van der Waals surface area (Å²) in [6, 6.07) is 0. The second-order valence-electron chi connectivity index (χ2n) is 7.19. The topological polar surface area (TPSA) is 65.4 Å². The van der Waals surface area contributed by atoms with Crippen molar-refractivity contribution in [2.45, 2.75) is 52.4 Å². The molecular weight excluding hydrogens is 282 g/mol. The quantitative estimate of drug-likeness (QED) is 0.905. The van der Waals surface area contributed by atoms with E-state index in [1.165, 1.54) is 0 Å². The summed E-state index contributed by atoms with van der Waals surface area (Å²) in [7, 11) is 0. The molecule has 22 heavy (non-hydrogen) atoms. The lowest BCUT2D eigenvalue weighted by Crippen LogP contribution is -2.34. The van der Waals surface area contributed by atoms with Crippen LogP contribution >= 0.6 is 0 Å². The van der Waals surface area contributed by atoms with Crippen molar-refractivity contribution in [3.8, 4) is 0 Å². The number of amides is 1. The third-order valence-corrected chi connectivity index (χ3v) is 3.76. The number of ether oxygens (including phenoxy) is 2. The Hall–Kier alpha value is -1.40. The summed E-state index contributed by atoms with van der Waals surface area (Å²) in [5, 5.41) is 7.20. The van der Waals surface area contributed by atoms with Gasteiger partial charge >= 0.3 is 0 Å². The molecule has 0 spiro atoms. The first kappa shape index (κ1) is 17.0. The van der Waals surface area contributed by atoms with E-state index >= 15 is 0 Å². The first-order valence-corrected chi connectivity index (χ1v) is 7.81. The van der Waals surface area contributed by atoms with Crippen molar-refractivity contribution < 1.29 is 14.3 Å². The largest absolute Gasteiger partial charge is 0.352 e. The smallest absolute Gasteiger partial charge is 0.254 e. The van der Waals surface area contributed by atoms with Crippen LogP contribution in [-0.4, -0.2) is 41.2 Å². The SMILES string of the molecule is C[C@H](CNC(=O)c1cnn(C(C)(C)C)c1)CC1(C)OCCO1. The molecule has 6 heteroatoms. The van der Waals surface area contributed by atoms with E-state index in [9.17, 15) is 4.79 Å². The van der Waals surface area contributed by atoms with E-state index in [-0.39, 0.29) is 17.4 Å². The monoisotopic (exact) mass is 309 g/mol. The zero-order chi connectivity index (χ0) is 16.4. The molecule has 2 heterocycles. The molecule has 0 aliphatic carbocycles. The number of hydrogen-bond acceptors (Lipinski definition) is 4. The van der Waals surface area contributed by atoms with E-state index in [0.29, 0.717) is 25.3 Å². The summed E-state index contributed by atoms with van der Waals surface area (Å²) in [5.41, 5.74) is 0.457. The van der Waals surface area contributed by atoms with E-state index in [1.54, 1.807) is 17.1 Å². The Labute approximate surface area is 132 Å². The lowest BCUT2D eigenvalue weighted by molar-refractivity contribution is -0.153. The normalized spacial score (nSPS) is 19.1. The highest BCUT2D eigenvalue weighted by Crippen LogP contribution is 2.26. The average molecular weight is 309 g/mol. The van der Waals surface area contributed by atoms with Crippen molar-refractivity contribution in [1.29, 1.82) is 0 Å². The minimum atomic E-state index is -0.513. The molecule has 1 amide bonds. The van der Waals surface area contributed by atoms with Crippen LogP contribution in [-0.2, 0) is 15.0 Å². The van der Waals surface area contributed by atoms with Gasteiger partial charge in [-0.1, -0.05) is 6.92 Å².